The highest BCUT2D eigenvalue weighted by molar-refractivity contribution is 6.16. The number of ketones is 1. The first kappa shape index (κ1) is 17.5. The van der Waals surface area contributed by atoms with E-state index in [0.717, 1.165) is 33.9 Å². The number of rotatable bonds is 2. The highest BCUT2D eigenvalue weighted by atomic mass is 19.1. The Bertz CT molecular complexity index is 1090. The van der Waals surface area contributed by atoms with Crippen LogP contribution in [0.2, 0.25) is 0 Å². The van der Waals surface area contributed by atoms with E-state index in [1.807, 2.05) is 49.4 Å². The van der Waals surface area contributed by atoms with Crippen molar-refractivity contribution in [2.45, 2.75) is 32.7 Å². The van der Waals surface area contributed by atoms with E-state index in [1.165, 1.54) is 12.1 Å². The molecule has 1 aliphatic rings. The van der Waals surface area contributed by atoms with E-state index in [1.54, 1.807) is 6.08 Å². The van der Waals surface area contributed by atoms with Gasteiger partial charge in [-0.05, 0) is 61.2 Å². The van der Waals surface area contributed by atoms with Gasteiger partial charge in [0.1, 0.15) is 5.82 Å². The van der Waals surface area contributed by atoms with Crippen molar-refractivity contribution in [3.05, 3.63) is 88.7 Å². The molecule has 0 bridgehead atoms. The second kappa shape index (κ2) is 6.34. The Morgan fingerprint density at radius 1 is 1.07 bits per heavy atom. The van der Waals surface area contributed by atoms with Crippen molar-refractivity contribution in [3.8, 4) is 0 Å². The van der Waals surface area contributed by atoms with Gasteiger partial charge >= 0.3 is 0 Å². The van der Waals surface area contributed by atoms with Crippen LogP contribution in [0.25, 0.3) is 16.5 Å². The van der Waals surface area contributed by atoms with E-state index < -0.39 is 0 Å². The molecule has 1 N–H and O–H groups in total. The summed E-state index contributed by atoms with van der Waals surface area (Å²) in [5.41, 5.74) is 4.08. The van der Waals surface area contributed by atoms with Crippen LogP contribution < -0.4 is 5.32 Å². The van der Waals surface area contributed by atoms with Crippen molar-refractivity contribution in [2.24, 2.45) is 0 Å². The fraction of sp³-hybridized carbons (Fsp3) is 0.208. The van der Waals surface area contributed by atoms with E-state index >= 15 is 0 Å². The first-order valence-electron chi connectivity index (χ1n) is 9.15. The molecule has 27 heavy (non-hydrogen) atoms. The molecule has 1 aliphatic heterocycles. The van der Waals surface area contributed by atoms with Crippen LogP contribution in [-0.2, 0) is 6.42 Å². The van der Waals surface area contributed by atoms with Gasteiger partial charge in [-0.1, -0.05) is 42.5 Å². The van der Waals surface area contributed by atoms with Gasteiger partial charge in [-0.15, -0.1) is 0 Å². The van der Waals surface area contributed by atoms with E-state index in [4.69, 9.17) is 0 Å². The molecular formula is C24H22FNO. The van der Waals surface area contributed by atoms with Crippen LogP contribution in [0.15, 0.2) is 60.7 Å². The number of halogens is 1. The number of allylic oxidation sites excluding steroid dienone is 1. The summed E-state index contributed by atoms with van der Waals surface area (Å²) < 4.78 is 13.8. The van der Waals surface area contributed by atoms with Crippen LogP contribution in [0, 0.1) is 12.7 Å². The minimum absolute atomic E-state index is 0.0818. The fourth-order valence-corrected chi connectivity index (χ4v) is 3.89. The molecule has 136 valence electrons. The van der Waals surface area contributed by atoms with Crippen LogP contribution in [-0.4, -0.2) is 11.3 Å². The maximum atomic E-state index is 13.8. The zero-order valence-corrected chi connectivity index (χ0v) is 15.8. The Labute approximate surface area is 158 Å². The molecule has 0 atom stereocenters. The Morgan fingerprint density at radius 2 is 1.81 bits per heavy atom. The lowest BCUT2D eigenvalue weighted by atomic mass is 9.85. The molecule has 0 saturated heterocycles. The van der Waals surface area contributed by atoms with E-state index in [2.05, 4.69) is 19.2 Å². The average molecular weight is 359 g/mol. The third-order valence-corrected chi connectivity index (χ3v) is 5.15. The van der Waals surface area contributed by atoms with Crippen molar-refractivity contribution in [1.82, 2.24) is 5.32 Å². The molecule has 3 aromatic carbocycles. The number of carbonyl (C=O) groups is 1. The van der Waals surface area contributed by atoms with Gasteiger partial charge in [0, 0.05) is 28.4 Å². The summed E-state index contributed by atoms with van der Waals surface area (Å²) in [4.78, 5) is 13.1. The molecule has 0 spiro atoms. The second-order valence-electron chi connectivity index (χ2n) is 7.88. The molecule has 4 rings (SSSR count). The molecule has 3 heteroatoms. The van der Waals surface area contributed by atoms with Crippen molar-refractivity contribution in [2.75, 3.05) is 0 Å². The lowest BCUT2D eigenvalue weighted by Gasteiger charge is -2.35. The molecule has 0 radical (unpaired) electrons. The minimum Gasteiger partial charge on any atom is -0.379 e. The summed E-state index contributed by atoms with van der Waals surface area (Å²) in [5, 5.41) is 5.42. The molecule has 2 nitrogen and oxygen atoms in total. The van der Waals surface area contributed by atoms with Crippen molar-refractivity contribution in [1.29, 1.82) is 0 Å². The summed E-state index contributed by atoms with van der Waals surface area (Å²) in [6.45, 7) is 6.21. The van der Waals surface area contributed by atoms with E-state index in [-0.39, 0.29) is 17.1 Å². The monoisotopic (exact) mass is 359 g/mol. The Morgan fingerprint density at radius 3 is 2.59 bits per heavy atom. The summed E-state index contributed by atoms with van der Waals surface area (Å²) in [7, 11) is 0. The van der Waals surface area contributed by atoms with E-state index in [9.17, 15) is 9.18 Å². The summed E-state index contributed by atoms with van der Waals surface area (Å²) in [6.07, 6.45) is 2.39. The van der Waals surface area contributed by atoms with Crippen LogP contribution in [0.4, 0.5) is 4.39 Å². The predicted octanol–water partition coefficient (Wildman–Crippen LogP) is 5.44. The van der Waals surface area contributed by atoms with Crippen molar-refractivity contribution in [3.63, 3.8) is 0 Å². The molecule has 0 unspecified atom stereocenters. The zero-order chi connectivity index (χ0) is 19.2. The minimum atomic E-state index is -0.297. The first-order valence-corrected chi connectivity index (χ1v) is 9.15. The topological polar surface area (TPSA) is 29.1 Å². The molecule has 0 amide bonds. The predicted molar refractivity (Wildman–Crippen MR) is 108 cm³/mol. The smallest absolute Gasteiger partial charge is 0.188 e. The Hall–Kier alpha value is -2.94. The number of hydrogen-bond donors (Lipinski definition) is 1. The van der Waals surface area contributed by atoms with Crippen molar-refractivity contribution >= 4 is 22.3 Å². The number of hydrogen-bond acceptors (Lipinski definition) is 2. The van der Waals surface area contributed by atoms with Crippen molar-refractivity contribution < 1.29 is 9.18 Å². The highest BCUT2D eigenvalue weighted by Crippen LogP contribution is 2.31. The third-order valence-electron chi connectivity index (χ3n) is 5.15. The van der Waals surface area contributed by atoms with Gasteiger partial charge in [0.25, 0.3) is 0 Å². The van der Waals surface area contributed by atoms with Crippen LogP contribution in [0.3, 0.4) is 0 Å². The number of aryl methyl sites for hydroxylation is 1. The number of carbonyl (C=O) groups excluding carboxylic acids is 1. The second-order valence-corrected chi connectivity index (χ2v) is 7.88. The number of nitrogens with one attached hydrogen (secondary N) is 1. The molecular weight excluding hydrogens is 337 g/mol. The van der Waals surface area contributed by atoms with Gasteiger partial charge in [0.05, 0.1) is 0 Å². The number of fused-ring (bicyclic) bond motifs is 2. The number of benzene rings is 3. The average Bonchev–Trinajstić information content (AvgIpc) is 2.62. The van der Waals surface area contributed by atoms with Crippen LogP contribution in [0.5, 0.6) is 0 Å². The van der Waals surface area contributed by atoms with Gasteiger partial charge in [0.2, 0.25) is 0 Å². The molecule has 0 fully saturated rings. The van der Waals surface area contributed by atoms with Crippen LogP contribution in [0.1, 0.15) is 40.9 Å². The lowest BCUT2D eigenvalue weighted by molar-refractivity contribution is 0.104. The lowest BCUT2D eigenvalue weighted by Crippen LogP contribution is -2.43. The summed E-state index contributed by atoms with van der Waals surface area (Å²) >= 11 is 0. The summed E-state index contributed by atoms with van der Waals surface area (Å²) in [6, 6.07) is 16.6. The maximum absolute atomic E-state index is 13.8. The molecule has 3 aromatic rings. The van der Waals surface area contributed by atoms with E-state index in [0.29, 0.717) is 11.3 Å². The normalized spacial score (nSPS) is 16.8. The van der Waals surface area contributed by atoms with Gasteiger partial charge in [-0.2, -0.15) is 0 Å². The molecule has 0 aromatic heterocycles. The SMILES string of the molecule is Cc1ccc(C(=O)/C=C2\NC(C)(C)Cc3ccc(F)cc32)c2ccccc12. The molecule has 1 heterocycles. The highest BCUT2D eigenvalue weighted by Gasteiger charge is 2.28. The fourth-order valence-electron chi connectivity index (χ4n) is 3.89. The maximum Gasteiger partial charge on any atom is 0.188 e. The largest absolute Gasteiger partial charge is 0.379 e. The van der Waals surface area contributed by atoms with Gasteiger partial charge in [0.15, 0.2) is 5.78 Å². The first-order chi connectivity index (χ1) is 12.8. The Balaban J connectivity index is 1.84. The zero-order valence-electron chi connectivity index (χ0n) is 15.8. The quantitative estimate of drug-likeness (QED) is 0.488. The van der Waals surface area contributed by atoms with Crippen LogP contribution >= 0.6 is 0 Å². The third kappa shape index (κ3) is 3.25. The standard InChI is InChI=1S/C24H22FNO/c1-15-8-11-20(19-7-5-4-6-18(15)19)23(27)13-22-21-12-17(25)10-9-16(21)14-24(2,3)26-22/h4-13,26H,14H2,1-3H3/b22-13-. The van der Waals surface area contributed by atoms with Gasteiger partial charge < -0.3 is 5.32 Å². The Kier molecular flexibility index (Phi) is 4.11. The van der Waals surface area contributed by atoms with Gasteiger partial charge in [-0.3, -0.25) is 4.79 Å². The summed E-state index contributed by atoms with van der Waals surface area (Å²) in [5.74, 6) is -0.379. The van der Waals surface area contributed by atoms with Gasteiger partial charge in [-0.25, -0.2) is 4.39 Å². The molecule has 0 aliphatic carbocycles. The molecule has 0 saturated carbocycles.